The van der Waals surface area contributed by atoms with Gasteiger partial charge in [-0.3, -0.25) is 14.3 Å². The Morgan fingerprint density at radius 1 is 1.36 bits per heavy atom. The molecule has 1 aromatic rings. The molecule has 1 aliphatic carbocycles. The number of hydrogen-bond acceptors (Lipinski definition) is 3. The highest BCUT2D eigenvalue weighted by Gasteiger charge is 2.42. The molecule has 1 amide bonds. The third-order valence-corrected chi connectivity index (χ3v) is 5.13. The summed E-state index contributed by atoms with van der Waals surface area (Å²) in [5, 5.41) is 16.7. The van der Waals surface area contributed by atoms with Crippen LogP contribution >= 0.6 is 0 Å². The number of aromatic nitrogens is 2. The SMILES string of the molecule is CC1(NC(=O)c2cnn3c2CCCC3)CCCCC1C(=O)O. The zero-order valence-corrected chi connectivity index (χ0v) is 13.0. The molecule has 2 unspecified atom stereocenters. The van der Waals surface area contributed by atoms with Crippen LogP contribution in [-0.2, 0) is 17.8 Å². The summed E-state index contributed by atoms with van der Waals surface area (Å²) in [6.07, 6.45) is 7.84. The molecule has 1 fully saturated rings. The first kappa shape index (κ1) is 15.1. The van der Waals surface area contributed by atoms with E-state index in [1.54, 1.807) is 6.20 Å². The molecule has 0 spiro atoms. The molecular formula is C16H23N3O3. The summed E-state index contributed by atoms with van der Waals surface area (Å²) >= 11 is 0. The van der Waals surface area contributed by atoms with Crippen LogP contribution in [0.2, 0.25) is 0 Å². The van der Waals surface area contributed by atoms with Gasteiger partial charge >= 0.3 is 5.97 Å². The largest absolute Gasteiger partial charge is 0.481 e. The standard InChI is InChI=1S/C16H23N3O3/c1-16(8-4-2-6-12(16)15(21)22)18-14(20)11-10-17-19-9-5-3-7-13(11)19/h10,12H,2-9H2,1H3,(H,18,20)(H,21,22). The van der Waals surface area contributed by atoms with E-state index in [1.807, 2.05) is 11.6 Å². The Bertz CT molecular complexity index is 595. The van der Waals surface area contributed by atoms with Crippen LogP contribution in [0.5, 0.6) is 0 Å². The number of nitrogens with zero attached hydrogens (tertiary/aromatic N) is 2. The molecule has 1 saturated carbocycles. The van der Waals surface area contributed by atoms with Gasteiger partial charge in [0, 0.05) is 6.54 Å². The van der Waals surface area contributed by atoms with Gasteiger partial charge in [0.1, 0.15) is 0 Å². The minimum Gasteiger partial charge on any atom is -0.481 e. The topological polar surface area (TPSA) is 84.2 Å². The van der Waals surface area contributed by atoms with Crippen molar-refractivity contribution in [2.45, 2.75) is 64.0 Å². The van der Waals surface area contributed by atoms with E-state index in [4.69, 9.17) is 0 Å². The Hall–Kier alpha value is -1.85. The zero-order chi connectivity index (χ0) is 15.7. The molecular weight excluding hydrogens is 282 g/mol. The van der Waals surface area contributed by atoms with E-state index in [0.29, 0.717) is 18.4 Å². The van der Waals surface area contributed by atoms with Gasteiger partial charge < -0.3 is 10.4 Å². The molecule has 3 rings (SSSR count). The first-order valence-electron chi connectivity index (χ1n) is 8.11. The number of fused-ring (bicyclic) bond motifs is 1. The van der Waals surface area contributed by atoms with Crippen molar-refractivity contribution < 1.29 is 14.7 Å². The van der Waals surface area contributed by atoms with Crippen molar-refractivity contribution in [1.82, 2.24) is 15.1 Å². The molecule has 2 N–H and O–H groups in total. The molecule has 0 aromatic carbocycles. The number of carboxylic acid groups (broad SMARTS) is 1. The molecule has 22 heavy (non-hydrogen) atoms. The summed E-state index contributed by atoms with van der Waals surface area (Å²) < 4.78 is 1.90. The first-order chi connectivity index (χ1) is 10.5. The summed E-state index contributed by atoms with van der Waals surface area (Å²) in [6.45, 7) is 2.72. The maximum Gasteiger partial charge on any atom is 0.308 e. The second kappa shape index (κ2) is 5.74. The molecule has 1 aliphatic heterocycles. The fraction of sp³-hybridized carbons (Fsp3) is 0.688. The van der Waals surface area contributed by atoms with Gasteiger partial charge in [0.15, 0.2) is 0 Å². The van der Waals surface area contributed by atoms with Crippen LogP contribution in [0.25, 0.3) is 0 Å². The maximum atomic E-state index is 12.7. The minimum absolute atomic E-state index is 0.182. The van der Waals surface area contributed by atoms with Crippen molar-refractivity contribution in [3.63, 3.8) is 0 Å². The Kier molecular flexibility index (Phi) is 3.93. The molecule has 2 heterocycles. The van der Waals surface area contributed by atoms with Gasteiger partial charge in [0.25, 0.3) is 5.91 Å². The highest BCUT2D eigenvalue weighted by molar-refractivity contribution is 5.96. The van der Waals surface area contributed by atoms with E-state index < -0.39 is 17.4 Å². The summed E-state index contributed by atoms with van der Waals surface area (Å²) in [6, 6.07) is 0. The summed E-state index contributed by atoms with van der Waals surface area (Å²) in [5.74, 6) is -1.52. The van der Waals surface area contributed by atoms with Crippen LogP contribution in [0.4, 0.5) is 0 Å². The molecule has 1 aromatic heterocycles. The van der Waals surface area contributed by atoms with Crippen LogP contribution in [-0.4, -0.2) is 32.3 Å². The fourth-order valence-electron chi connectivity index (χ4n) is 3.82. The number of carbonyl (C=O) groups is 2. The second-order valence-corrected chi connectivity index (χ2v) is 6.69. The van der Waals surface area contributed by atoms with Crippen LogP contribution in [0.3, 0.4) is 0 Å². The number of aliphatic carboxylic acids is 1. The monoisotopic (exact) mass is 305 g/mol. The third-order valence-electron chi connectivity index (χ3n) is 5.13. The second-order valence-electron chi connectivity index (χ2n) is 6.69. The lowest BCUT2D eigenvalue weighted by Gasteiger charge is -2.39. The van der Waals surface area contributed by atoms with E-state index in [-0.39, 0.29) is 5.91 Å². The van der Waals surface area contributed by atoms with Crippen molar-refractivity contribution in [2.24, 2.45) is 5.92 Å². The summed E-state index contributed by atoms with van der Waals surface area (Å²) in [5.41, 5.74) is 0.913. The van der Waals surface area contributed by atoms with E-state index >= 15 is 0 Å². The minimum atomic E-state index is -0.820. The Morgan fingerprint density at radius 2 is 2.18 bits per heavy atom. The molecule has 2 atom stereocenters. The molecule has 0 bridgehead atoms. The predicted octanol–water partition coefficient (Wildman–Crippen LogP) is 1.98. The molecule has 0 radical (unpaired) electrons. The van der Waals surface area contributed by atoms with Gasteiger partial charge in [-0.05, 0) is 39.0 Å². The normalized spacial score (nSPS) is 28.0. The van der Waals surface area contributed by atoms with Crippen molar-refractivity contribution in [1.29, 1.82) is 0 Å². The quantitative estimate of drug-likeness (QED) is 0.894. The van der Waals surface area contributed by atoms with Crippen molar-refractivity contribution in [3.05, 3.63) is 17.5 Å². The summed E-state index contributed by atoms with van der Waals surface area (Å²) in [7, 11) is 0. The predicted molar refractivity (Wildman–Crippen MR) is 80.6 cm³/mol. The van der Waals surface area contributed by atoms with Crippen molar-refractivity contribution in [2.75, 3.05) is 0 Å². The maximum absolute atomic E-state index is 12.7. The molecule has 120 valence electrons. The van der Waals surface area contributed by atoms with Crippen LogP contribution in [0, 0.1) is 5.92 Å². The number of amides is 1. The Labute approximate surface area is 129 Å². The van der Waals surface area contributed by atoms with Crippen molar-refractivity contribution >= 4 is 11.9 Å². The highest BCUT2D eigenvalue weighted by atomic mass is 16.4. The number of carbonyl (C=O) groups excluding carboxylic acids is 1. The van der Waals surface area contributed by atoms with Crippen molar-refractivity contribution in [3.8, 4) is 0 Å². The number of nitrogens with one attached hydrogen (secondary N) is 1. The highest BCUT2D eigenvalue weighted by Crippen LogP contribution is 2.34. The van der Waals surface area contributed by atoms with Crippen LogP contribution in [0.15, 0.2) is 6.20 Å². The molecule has 2 aliphatic rings. The number of carboxylic acids is 1. The zero-order valence-electron chi connectivity index (χ0n) is 13.0. The Balaban J connectivity index is 1.81. The van der Waals surface area contributed by atoms with Gasteiger partial charge in [-0.1, -0.05) is 12.8 Å². The van der Waals surface area contributed by atoms with Crippen LogP contribution in [0.1, 0.15) is 61.5 Å². The Morgan fingerprint density at radius 3 is 2.95 bits per heavy atom. The lowest BCUT2D eigenvalue weighted by atomic mass is 9.73. The van der Waals surface area contributed by atoms with Gasteiger partial charge in [0.2, 0.25) is 0 Å². The number of hydrogen-bond donors (Lipinski definition) is 2. The van der Waals surface area contributed by atoms with Gasteiger partial charge in [0.05, 0.1) is 28.9 Å². The van der Waals surface area contributed by atoms with Gasteiger partial charge in [-0.15, -0.1) is 0 Å². The molecule has 0 saturated heterocycles. The number of aryl methyl sites for hydroxylation is 1. The van der Waals surface area contributed by atoms with Gasteiger partial charge in [-0.25, -0.2) is 0 Å². The lowest BCUT2D eigenvalue weighted by molar-refractivity contribution is -0.145. The third kappa shape index (κ3) is 2.62. The average Bonchev–Trinajstić information content (AvgIpc) is 2.91. The smallest absolute Gasteiger partial charge is 0.308 e. The molecule has 6 heteroatoms. The lowest BCUT2D eigenvalue weighted by Crippen LogP contribution is -2.55. The van der Waals surface area contributed by atoms with E-state index in [2.05, 4.69) is 10.4 Å². The van der Waals surface area contributed by atoms with E-state index in [1.165, 1.54) is 0 Å². The number of rotatable bonds is 3. The van der Waals surface area contributed by atoms with E-state index in [9.17, 15) is 14.7 Å². The average molecular weight is 305 g/mol. The summed E-state index contributed by atoms with van der Waals surface area (Å²) in [4.78, 5) is 24.2. The molecule has 6 nitrogen and oxygen atoms in total. The first-order valence-corrected chi connectivity index (χ1v) is 8.11. The van der Waals surface area contributed by atoms with E-state index in [0.717, 1.165) is 44.3 Å². The fourth-order valence-corrected chi connectivity index (χ4v) is 3.82. The van der Waals surface area contributed by atoms with Crippen LogP contribution < -0.4 is 5.32 Å². The van der Waals surface area contributed by atoms with Gasteiger partial charge in [-0.2, -0.15) is 5.10 Å².